The summed E-state index contributed by atoms with van der Waals surface area (Å²) in [6, 6.07) is 8.71. The number of hydrogen-bond acceptors (Lipinski definition) is 3. The molecule has 0 radical (unpaired) electrons. The zero-order valence-corrected chi connectivity index (χ0v) is 23.3. The van der Waals surface area contributed by atoms with Crippen LogP contribution in [0.5, 0.6) is 0 Å². The van der Waals surface area contributed by atoms with E-state index in [4.69, 9.17) is 0 Å². The van der Waals surface area contributed by atoms with Crippen LogP contribution in [0.25, 0.3) is 0 Å². The van der Waals surface area contributed by atoms with Crippen molar-refractivity contribution in [1.82, 2.24) is 0 Å². The Morgan fingerprint density at radius 1 is 0.946 bits per heavy atom. The summed E-state index contributed by atoms with van der Waals surface area (Å²) in [7, 11) is -3.30. The van der Waals surface area contributed by atoms with Crippen LogP contribution in [0.1, 0.15) is 85.0 Å². The van der Waals surface area contributed by atoms with Crippen LogP contribution in [0.3, 0.4) is 0 Å². The molecule has 0 unspecified atom stereocenters. The molecule has 0 spiro atoms. The molecule has 0 amide bonds. The Labute approximate surface area is 220 Å². The molecule has 0 aromatic heterocycles. The van der Waals surface area contributed by atoms with Gasteiger partial charge in [0.05, 0.1) is 10.6 Å². The van der Waals surface area contributed by atoms with Gasteiger partial charge in [-0.1, -0.05) is 39.0 Å². The Hall–Kier alpha value is -1.08. The van der Waals surface area contributed by atoms with Crippen molar-refractivity contribution in [2.75, 3.05) is 5.75 Å². The summed E-state index contributed by atoms with van der Waals surface area (Å²) in [6.07, 6.45) is 2.35. The standard InChI is InChI=1S/C30H43F3O3S/c1-20(14-18-37(35,36)22-7-5-4-6-8-22)24-11-12-25-23-10-9-21-19-29(34,30(31,32)33)17-16-27(21,2)26(23)13-15-28(24,25)3/h4-8,20-21,23-26,34H,9-19H2,1-3H3/t20-,21+,23+,24-,25+,26+,27+,28-,29+/m1/s1. The average Bonchev–Trinajstić information content (AvgIpc) is 3.20. The van der Waals surface area contributed by atoms with E-state index in [1.807, 2.05) is 6.07 Å². The highest BCUT2D eigenvalue weighted by atomic mass is 32.2. The highest BCUT2D eigenvalue weighted by molar-refractivity contribution is 7.91. The van der Waals surface area contributed by atoms with E-state index in [2.05, 4.69) is 20.8 Å². The van der Waals surface area contributed by atoms with Crippen molar-refractivity contribution < 1.29 is 26.7 Å². The molecular weight excluding hydrogens is 497 g/mol. The molecule has 0 heterocycles. The van der Waals surface area contributed by atoms with E-state index in [0.29, 0.717) is 47.3 Å². The highest BCUT2D eigenvalue weighted by Gasteiger charge is 2.65. The molecule has 0 aliphatic heterocycles. The Morgan fingerprint density at radius 3 is 2.30 bits per heavy atom. The van der Waals surface area contributed by atoms with Gasteiger partial charge in [-0.2, -0.15) is 13.2 Å². The summed E-state index contributed by atoms with van der Waals surface area (Å²) in [5.74, 6) is 2.41. The van der Waals surface area contributed by atoms with Crippen molar-refractivity contribution in [2.45, 2.75) is 102 Å². The van der Waals surface area contributed by atoms with Crippen molar-refractivity contribution in [2.24, 2.45) is 46.3 Å². The van der Waals surface area contributed by atoms with Crippen LogP contribution >= 0.6 is 0 Å². The van der Waals surface area contributed by atoms with Crippen LogP contribution in [-0.4, -0.2) is 31.1 Å². The predicted molar refractivity (Wildman–Crippen MR) is 138 cm³/mol. The fourth-order valence-corrected chi connectivity index (χ4v) is 11.3. The van der Waals surface area contributed by atoms with Crippen molar-refractivity contribution in [3.63, 3.8) is 0 Å². The summed E-state index contributed by atoms with van der Waals surface area (Å²) >= 11 is 0. The van der Waals surface area contributed by atoms with Crippen LogP contribution in [0.2, 0.25) is 0 Å². The molecule has 208 valence electrons. The summed E-state index contributed by atoms with van der Waals surface area (Å²) in [5.41, 5.74) is -2.49. The molecule has 4 fully saturated rings. The number of rotatable bonds is 5. The van der Waals surface area contributed by atoms with Gasteiger partial charge in [-0.15, -0.1) is 0 Å². The summed E-state index contributed by atoms with van der Waals surface area (Å²) in [5, 5.41) is 10.5. The van der Waals surface area contributed by atoms with Gasteiger partial charge in [0.15, 0.2) is 15.4 Å². The largest absolute Gasteiger partial charge is 0.417 e. The van der Waals surface area contributed by atoms with E-state index < -0.39 is 21.6 Å². The minimum Gasteiger partial charge on any atom is -0.380 e. The van der Waals surface area contributed by atoms with Crippen molar-refractivity contribution in [3.8, 4) is 0 Å². The molecule has 4 aliphatic rings. The molecule has 7 heteroatoms. The van der Waals surface area contributed by atoms with Crippen molar-refractivity contribution >= 4 is 9.84 Å². The first-order chi connectivity index (χ1) is 17.2. The monoisotopic (exact) mass is 540 g/mol. The number of aliphatic hydroxyl groups is 1. The van der Waals surface area contributed by atoms with Gasteiger partial charge in [0.2, 0.25) is 0 Å². The Kier molecular flexibility index (Phi) is 6.87. The number of sulfone groups is 1. The lowest BCUT2D eigenvalue weighted by Gasteiger charge is -2.62. The van der Waals surface area contributed by atoms with Gasteiger partial charge in [0.1, 0.15) is 0 Å². The number of alkyl halides is 3. The van der Waals surface area contributed by atoms with E-state index in [9.17, 15) is 26.7 Å². The second-order valence-corrected chi connectivity index (χ2v) is 15.6. The quantitative estimate of drug-likeness (QED) is 0.422. The molecule has 1 aromatic carbocycles. The maximum Gasteiger partial charge on any atom is 0.417 e. The topological polar surface area (TPSA) is 54.4 Å². The lowest BCUT2D eigenvalue weighted by Crippen LogP contribution is -2.59. The van der Waals surface area contributed by atoms with Crippen LogP contribution < -0.4 is 0 Å². The number of halogens is 3. The maximum absolute atomic E-state index is 13.6. The Morgan fingerprint density at radius 2 is 1.62 bits per heavy atom. The minimum atomic E-state index is -4.56. The maximum atomic E-state index is 13.6. The fraction of sp³-hybridized carbons (Fsp3) is 0.800. The zero-order valence-electron chi connectivity index (χ0n) is 22.4. The molecule has 0 bridgehead atoms. The normalized spacial score (nSPS) is 42.9. The summed E-state index contributed by atoms with van der Waals surface area (Å²) in [6.45, 7) is 6.87. The second-order valence-electron chi connectivity index (χ2n) is 13.5. The van der Waals surface area contributed by atoms with Crippen LogP contribution in [0.15, 0.2) is 35.2 Å². The first-order valence-corrected chi connectivity index (χ1v) is 15.9. The average molecular weight is 541 g/mol. The molecule has 1 aromatic rings. The Bertz CT molecular complexity index is 1090. The van der Waals surface area contributed by atoms with Gasteiger partial charge in [-0.25, -0.2) is 8.42 Å². The first-order valence-electron chi connectivity index (χ1n) is 14.3. The van der Waals surface area contributed by atoms with E-state index >= 15 is 0 Å². The van der Waals surface area contributed by atoms with Crippen molar-refractivity contribution in [1.29, 1.82) is 0 Å². The zero-order chi connectivity index (χ0) is 26.9. The third kappa shape index (κ3) is 4.48. The molecule has 4 aliphatic carbocycles. The number of benzene rings is 1. The molecule has 37 heavy (non-hydrogen) atoms. The van der Waals surface area contributed by atoms with E-state index in [0.717, 1.165) is 38.5 Å². The fourth-order valence-electron chi connectivity index (χ4n) is 9.77. The molecule has 3 nitrogen and oxygen atoms in total. The third-order valence-electron chi connectivity index (χ3n) is 12.0. The molecule has 9 atom stereocenters. The molecule has 1 N–H and O–H groups in total. The molecular formula is C30H43F3O3S. The van der Waals surface area contributed by atoms with Crippen LogP contribution in [-0.2, 0) is 9.84 Å². The number of hydrogen-bond donors (Lipinski definition) is 1. The molecule has 0 saturated heterocycles. The van der Waals surface area contributed by atoms with Gasteiger partial charge in [0, 0.05) is 0 Å². The van der Waals surface area contributed by atoms with Crippen LogP contribution in [0, 0.1) is 46.3 Å². The van der Waals surface area contributed by atoms with E-state index in [1.54, 1.807) is 24.3 Å². The van der Waals surface area contributed by atoms with Gasteiger partial charge in [0.25, 0.3) is 0 Å². The minimum absolute atomic E-state index is 0.0715. The second kappa shape index (κ2) is 9.25. The Balaban J connectivity index is 1.28. The molecule has 5 rings (SSSR count). The van der Waals surface area contributed by atoms with Gasteiger partial charge >= 0.3 is 6.18 Å². The summed E-state index contributed by atoms with van der Waals surface area (Å²) < 4.78 is 66.7. The third-order valence-corrected chi connectivity index (χ3v) is 13.7. The van der Waals surface area contributed by atoms with Gasteiger partial charge in [-0.05, 0) is 123 Å². The summed E-state index contributed by atoms with van der Waals surface area (Å²) in [4.78, 5) is 0.396. The lowest BCUT2D eigenvalue weighted by molar-refractivity contribution is -0.290. The van der Waals surface area contributed by atoms with E-state index in [-0.39, 0.29) is 35.3 Å². The number of fused-ring (bicyclic) bond motifs is 5. The smallest absolute Gasteiger partial charge is 0.380 e. The van der Waals surface area contributed by atoms with Gasteiger partial charge in [-0.3, -0.25) is 0 Å². The van der Waals surface area contributed by atoms with Gasteiger partial charge < -0.3 is 5.11 Å². The predicted octanol–water partition coefficient (Wildman–Crippen LogP) is 7.44. The SMILES string of the molecule is C[C@H](CCS(=O)(=O)c1ccccc1)[C@H]1CC[C@H]2[C@@H]3CC[C@H]4C[C@](O)(C(F)(F)F)CC[C@]4(C)[C@H]3CC[C@]12C. The van der Waals surface area contributed by atoms with Crippen molar-refractivity contribution in [3.05, 3.63) is 30.3 Å². The first kappa shape index (κ1) is 27.5. The lowest BCUT2D eigenvalue weighted by atomic mass is 9.43. The van der Waals surface area contributed by atoms with Crippen LogP contribution in [0.4, 0.5) is 13.2 Å². The highest BCUT2D eigenvalue weighted by Crippen LogP contribution is 2.69. The molecule has 4 saturated carbocycles. The van der Waals surface area contributed by atoms with E-state index in [1.165, 1.54) is 0 Å².